The smallest absolute Gasteiger partial charge is 0.341 e. The highest BCUT2D eigenvalue weighted by atomic mass is 32.2. The minimum atomic E-state index is -0.694. The number of anilines is 1. The molecule has 9 nitrogen and oxygen atoms in total. The van der Waals surface area contributed by atoms with Crippen molar-refractivity contribution in [2.75, 3.05) is 11.1 Å². The lowest BCUT2D eigenvalue weighted by Crippen LogP contribution is -2.18. The average molecular weight is 506 g/mol. The number of aromatic nitrogens is 3. The van der Waals surface area contributed by atoms with Crippen LogP contribution >= 0.6 is 23.1 Å². The van der Waals surface area contributed by atoms with Crippen LogP contribution in [0.2, 0.25) is 0 Å². The van der Waals surface area contributed by atoms with Crippen LogP contribution in [-0.2, 0) is 16.1 Å². The molecule has 0 radical (unpaired) electrons. The van der Waals surface area contributed by atoms with Crippen molar-refractivity contribution in [3.8, 4) is 11.4 Å². The number of nitrogens with one attached hydrogen (secondary N) is 1. The number of thioether (sulfide) groups is 1. The standard InChI is InChI=1S/C22H24FN5O4S2/c1-5-28-19(13-6-8-14(23)9-7-13)26-27-22(28)33-10-15(29)25-20-16(21(31)32-11(2)3)12(4)17(34-20)18(24)30/h6-9,11H,5,10H2,1-4H3,(H2,24,30)(H,25,29). The molecule has 0 saturated carbocycles. The van der Waals surface area contributed by atoms with Gasteiger partial charge in [0.25, 0.3) is 5.91 Å². The molecule has 0 aliphatic rings. The Hall–Kier alpha value is -3.25. The first-order chi connectivity index (χ1) is 16.1. The number of thiophene rings is 1. The fourth-order valence-electron chi connectivity index (χ4n) is 3.14. The second kappa shape index (κ2) is 10.8. The topological polar surface area (TPSA) is 129 Å². The minimum Gasteiger partial charge on any atom is -0.459 e. The summed E-state index contributed by atoms with van der Waals surface area (Å²) < 4.78 is 20.3. The van der Waals surface area contributed by atoms with Crippen LogP contribution in [0.5, 0.6) is 0 Å². The molecule has 0 aliphatic heterocycles. The van der Waals surface area contributed by atoms with Crippen LogP contribution in [0.25, 0.3) is 11.4 Å². The number of amides is 2. The molecule has 2 amide bonds. The van der Waals surface area contributed by atoms with Gasteiger partial charge in [0, 0.05) is 12.1 Å². The summed E-state index contributed by atoms with van der Waals surface area (Å²) >= 11 is 2.09. The van der Waals surface area contributed by atoms with Crippen LogP contribution in [0.15, 0.2) is 29.4 Å². The predicted octanol–water partition coefficient (Wildman–Crippen LogP) is 3.87. The van der Waals surface area contributed by atoms with E-state index in [9.17, 15) is 18.8 Å². The van der Waals surface area contributed by atoms with E-state index >= 15 is 0 Å². The average Bonchev–Trinajstić information content (AvgIpc) is 3.32. The van der Waals surface area contributed by atoms with E-state index in [1.54, 1.807) is 32.9 Å². The van der Waals surface area contributed by atoms with Gasteiger partial charge in [0.05, 0.1) is 22.3 Å². The summed E-state index contributed by atoms with van der Waals surface area (Å²) in [5, 5.41) is 11.7. The number of carbonyl (C=O) groups is 3. The van der Waals surface area contributed by atoms with Crippen molar-refractivity contribution in [1.82, 2.24) is 14.8 Å². The van der Waals surface area contributed by atoms with Gasteiger partial charge in [0.2, 0.25) is 5.91 Å². The van der Waals surface area contributed by atoms with Gasteiger partial charge in [-0.15, -0.1) is 21.5 Å². The SMILES string of the molecule is CCn1c(SCC(=O)Nc2sc(C(N)=O)c(C)c2C(=O)OC(C)C)nnc1-c1ccc(F)cc1. The monoisotopic (exact) mass is 505 g/mol. The van der Waals surface area contributed by atoms with Crippen LogP contribution in [0.3, 0.4) is 0 Å². The Morgan fingerprint density at radius 2 is 1.91 bits per heavy atom. The lowest BCUT2D eigenvalue weighted by molar-refractivity contribution is -0.113. The zero-order valence-corrected chi connectivity index (χ0v) is 20.7. The van der Waals surface area contributed by atoms with E-state index in [0.717, 1.165) is 23.1 Å². The first-order valence-corrected chi connectivity index (χ1v) is 12.2. The second-order valence-corrected chi connectivity index (χ2v) is 9.44. The van der Waals surface area contributed by atoms with Crippen molar-refractivity contribution in [2.24, 2.45) is 5.73 Å². The predicted molar refractivity (Wildman–Crippen MR) is 129 cm³/mol. The van der Waals surface area contributed by atoms with Crippen molar-refractivity contribution >= 4 is 45.9 Å². The second-order valence-electron chi connectivity index (χ2n) is 7.47. The highest BCUT2D eigenvalue weighted by molar-refractivity contribution is 7.99. The summed E-state index contributed by atoms with van der Waals surface area (Å²) in [5.74, 6) is -1.56. The van der Waals surface area contributed by atoms with Crippen molar-refractivity contribution in [3.05, 3.63) is 46.1 Å². The van der Waals surface area contributed by atoms with Crippen molar-refractivity contribution < 1.29 is 23.5 Å². The third-order valence-corrected chi connectivity index (χ3v) is 6.83. The molecule has 0 aliphatic carbocycles. The van der Waals surface area contributed by atoms with Crippen molar-refractivity contribution in [3.63, 3.8) is 0 Å². The quantitative estimate of drug-likeness (QED) is 0.334. The number of carbonyl (C=O) groups excluding carboxylic acids is 3. The summed E-state index contributed by atoms with van der Waals surface area (Å²) in [6, 6.07) is 5.91. The summed E-state index contributed by atoms with van der Waals surface area (Å²) in [6.45, 7) is 7.44. The van der Waals surface area contributed by atoms with Crippen LogP contribution < -0.4 is 11.1 Å². The highest BCUT2D eigenvalue weighted by Gasteiger charge is 2.26. The van der Waals surface area contributed by atoms with E-state index in [4.69, 9.17) is 10.5 Å². The van der Waals surface area contributed by atoms with Crippen molar-refractivity contribution in [2.45, 2.75) is 45.5 Å². The molecule has 0 spiro atoms. The van der Waals surface area contributed by atoms with Gasteiger partial charge in [-0.3, -0.25) is 9.59 Å². The van der Waals surface area contributed by atoms with E-state index in [0.29, 0.717) is 28.7 Å². The summed E-state index contributed by atoms with van der Waals surface area (Å²) in [6.07, 6.45) is -0.376. The van der Waals surface area contributed by atoms with Gasteiger partial charge in [-0.1, -0.05) is 11.8 Å². The number of nitrogens with zero attached hydrogens (tertiary/aromatic N) is 3. The molecule has 3 aromatic rings. The number of ether oxygens (including phenoxy) is 1. The number of hydrogen-bond donors (Lipinski definition) is 2. The molecule has 0 unspecified atom stereocenters. The van der Waals surface area contributed by atoms with Gasteiger partial charge < -0.3 is 20.4 Å². The largest absolute Gasteiger partial charge is 0.459 e. The lowest BCUT2D eigenvalue weighted by atomic mass is 10.1. The van der Waals surface area contributed by atoms with Crippen LogP contribution in [0.1, 0.15) is 46.4 Å². The zero-order chi connectivity index (χ0) is 25.0. The fourth-order valence-corrected chi connectivity index (χ4v) is 5.01. The van der Waals surface area contributed by atoms with E-state index in [1.807, 2.05) is 11.5 Å². The molecule has 12 heteroatoms. The zero-order valence-electron chi connectivity index (χ0n) is 19.0. The molecule has 0 fully saturated rings. The van der Waals surface area contributed by atoms with E-state index in [1.165, 1.54) is 12.1 Å². The molecule has 1 aromatic carbocycles. The number of halogens is 1. The van der Waals surface area contributed by atoms with Gasteiger partial charge >= 0.3 is 5.97 Å². The molecule has 34 heavy (non-hydrogen) atoms. The highest BCUT2D eigenvalue weighted by Crippen LogP contribution is 2.34. The Morgan fingerprint density at radius 3 is 2.50 bits per heavy atom. The molecular formula is C22H24FN5O4S2. The Balaban J connectivity index is 1.77. The Labute approximate surface area is 203 Å². The maximum Gasteiger partial charge on any atom is 0.341 e. The van der Waals surface area contributed by atoms with Gasteiger partial charge in [-0.2, -0.15) is 0 Å². The number of hydrogen-bond acceptors (Lipinski definition) is 8. The normalized spacial score (nSPS) is 11.0. The Morgan fingerprint density at radius 1 is 1.24 bits per heavy atom. The molecular weight excluding hydrogens is 481 g/mol. The first-order valence-electron chi connectivity index (χ1n) is 10.4. The number of primary amides is 1. The number of nitrogens with two attached hydrogens (primary N) is 1. The summed E-state index contributed by atoms with van der Waals surface area (Å²) in [4.78, 5) is 37.2. The molecule has 2 aromatic heterocycles. The maximum atomic E-state index is 13.2. The summed E-state index contributed by atoms with van der Waals surface area (Å²) in [7, 11) is 0. The molecule has 0 bridgehead atoms. The summed E-state index contributed by atoms with van der Waals surface area (Å²) in [5.41, 5.74) is 6.59. The number of benzene rings is 1. The van der Waals surface area contributed by atoms with Crippen LogP contribution in [0, 0.1) is 12.7 Å². The lowest BCUT2D eigenvalue weighted by Gasteiger charge is -2.10. The van der Waals surface area contributed by atoms with Gasteiger partial charge in [0.1, 0.15) is 10.8 Å². The first kappa shape index (κ1) is 25.4. The molecule has 2 heterocycles. The molecule has 3 rings (SSSR count). The third-order valence-electron chi connectivity index (χ3n) is 4.64. The van der Waals surface area contributed by atoms with Crippen molar-refractivity contribution in [1.29, 1.82) is 0 Å². The van der Waals surface area contributed by atoms with E-state index in [-0.39, 0.29) is 33.1 Å². The van der Waals surface area contributed by atoms with Gasteiger partial charge in [-0.25, -0.2) is 9.18 Å². The van der Waals surface area contributed by atoms with Gasteiger partial charge in [0.15, 0.2) is 11.0 Å². The minimum absolute atomic E-state index is 0.0247. The van der Waals surface area contributed by atoms with E-state index in [2.05, 4.69) is 15.5 Å². The maximum absolute atomic E-state index is 13.2. The molecule has 0 saturated heterocycles. The number of esters is 1. The molecule has 3 N–H and O–H groups in total. The fraction of sp³-hybridized carbons (Fsp3) is 0.318. The molecule has 180 valence electrons. The molecule has 0 atom stereocenters. The Bertz CT molecular complexity index is 1220. The van der Waals surface area contributed by atoms with Gasteiger partial charge in [-0.05, 0) is 57.5 Å². The van der Waals surface area contributed by atoms with Crippen LogP contribution in [0.4, 0.5) is 9.39 Å². The van der Waals surface area contributed by atoms with Crippen LogP contribution in [-0.4, -0.2) is 44.4 Å². The van der Waals surface area contributed by atoms with E-state index < -0.39 is 17.8 Å². The third kappa shape index (κ3) is 5.62. The number of rotatable bonds is 9. The Kier molecular flexibility index (Phi) is 8.05.